The highest BCUT2D eigenvalue weighted by molar-refractivity contribution is 7.89. The molecule has 0 aromatic heterocycles. The molecule has 0 radical (unpaired) electrons. The molecule has 2 fully saturated rings. The maximum absolute atomic E-state index is 12.9. The van der Waals surface area contributed by atoms with E-state index in [-0.39, 0.29) is 34.4 Å². The van der Waals surface area contributed by atoms with E-state index < -0.39 is 10.0 Å². The van der Waals surface area contributed by atoms with Gasteiger partial charge >= 0.3 is 0 Å². The number of nitrogens with zero attached hydrogens (tertiary/aromatic N) is 1. The largest absolute Gasteiger partial charge is 0.315 e. The third kappa shape index (κ3) is 3.19. The molecule has 8 heteroatoms. The number of hydrogen-bond donors (Lipinski definition) is 1. The van der Waals surface area contributed by atoms with Gasteiger partial charge in [-0.2, -0.15) is 4.31 Å². The summed E-state index contributed by atoms with van der Waals surface area (Å²) in [5.74, 6) is 0. The van der Waals surface area contributed by atoms with E-state index in [0.29, 0.717) is 11.6 Å². The van der Waals surface area contributed by atoms with Crippen LogP contribution in [0.4, 0.5) is 0 Å². The van der Waals surface area contributed by atoms with Gasteiger partial charge in [-0.1, -0.05) is 23.2 Å². The molecular weight excluding hydrogens is 355 g/mol. The molecule has 21 heavy (non-hydrogen) atoms. The fraction of sp³-hybridized carbons (Fsp3) is 0.538. The monoisotopic (exact) mass is 370 g/mol. The second-order valence-corrected chi connectivity index (χ2v) is 7.94. The Bertz CT molecular complexity index is 610. The first kappa shape index (κ1) is 17.3. The Morgan fingerprint density at radius 1 is 1.14 bits per heavy atom. The van der Waals surface area contributed by atoms with Crippen molar-refractivity contribution >= 4 is 45.6 Å². The molecule has 2 aliphatic heterocycles. The molecule has 2 heterocycles. The number of hydrogen-bond acceptors (Lipinski definition) is 3. The summed E-state index contributed by atoms with van der Waals surface area (Å²) < 4.78 is 27.5. The Hall–Kier alpha value is -0.0400. The van der Waals surface area contributed by atoms with E-state index in [1.807, 2.05) is 0 Å². The first-order valence-corrected chi connectivity index (χ1v) is 8.89. The average molecular weight is 372 g/mol. The van der Waals surface area contributed by atoms with Gasteiger partial charge in [0.1, 0.15) is 4.90 Å². The predicted octanol–water partition coefficient (Wildman–Crippen LogP) is 2.93. The second kappa shape index (κ2) is 6.60. The van der Waals surface area contributed by atoms with Gasteiger partial charge in [0.05, 0.1) is 5.02 Å². The van der Waals surface area contributed by atoms with Gasteiger partial charge in [0.2, 0.25) is 10.0 Å². The second-order valence-electron chi connectivity index (χ2n) is 5.29. The van der Waals surface area contributed by atoms with Gasteiger partial charge < -0.3 is 5.32 Å². The van der Waals surface area contributed by atoms with Crippen LogP contribution in [0.5, 0.6) is 0 Å². The van der Waals surface area contributed by atoms with Crippen molar-refractivity contribution in [3.8, 4) is 0 Å². The van der Waals surface area contributed by atoms with Crippen LogP contribution in [0.2, 0.25) is 10.0 Å². The quantitative estimate of drug-likeness (QED) is 0.869. The van der Waals surface area contributed by atoms with Gasteiger partial charge in [-0.05, 0) is 44.0 Å². The molecule has 0 saturated carbocycles. The molecule has 0 spiro atoms. The van der Waals surface area contributed by atoms with E-state index in [2.05, 4.69) is 5.32 Å². The molecular formula is C13H17Cl3N2O2S. The zero-order valence-corrected chi connectivity index (χ0v) is 14.4. The number of benzene rings is 1. The lowest BCUT2D eigenvalue weighted by Gasteiger charge is -2.27. The van der Waals surface area contributed by atoms with Crippen molar-refractivity contribution in [3.05, 3.63) is 28.2 Å². The number of fused-ring (bicyclic) bond motifs is 2. The van der Waals surface area contributed by atoms with E-state index in [1.165, 1.54) is 12.1 Å². The van der Waals surface area contributed by atoms with Gasteiger partial charge in [-0.3, -0.25) is 0 Å². The Labute approximate surface area is 141 Å². The smallest absolute Gasteiger partial charge is 0.245 e. The first-order valence-electron chi connectivity index (χ1n) is 6.69. The summed E-state index contributed by atoms with van der Waals surface area (Å²) in [5, 5.41) is 3.92. The molecule has 0 amide bonds. The summed E-state index contributed by atoms with van der Waals surface area (Å²) in [6.45, 7) is 1.57. The average Bonchev–Trinajstić information content (AvgIpc) is 2.63. The predicted molar refractivity (Wildman–Crippen MR) is 87.0 cm³/mol. The van der Waals surface area contributed by atoms with Crippen molar-refractivity contribution in [2.75, 3.05) is 13.1 Å². The van der Waals surface area contributed by atoms with Gasteiger partial charge in [-0.25, -0.2) is 8.42 Å². The fourth-order valence-electron chi connectivity index (χ4n) is 3.13. The number of sulfonamides is 1. The van der Waals surface area contributed by atoms with Gasteiger partial charge in [-0.15, -0.1) is 12.4 Å². The Morgan fingerprint density at radius 3 is 2.57 bits per heavy atom. The zero-order chi connectivity index (χ0) is 14.3. The highest BCUT2D eigenvalue weighted by Crippen LogP contribution is 2.36. The molecule has 2 atom stereocenters. The van der Waals surface area contributed by atoms with Crippen molar-refractivity contribution in [1.82, 2.24) is 9.62 Å². The lowest BCUT2D eigenvalue weighted by atomic mass is 10.1. The maximum atomic E-state index is 12.9. The minimum Gasteiger partial charge on any atom is -0.315 e. The minimum atomic E-state index is -3.57. The van der Waals surface area contributed by atoms with Crippen molar-refractivity contribution in [2.45, 2.75) is 36.2 Å². The molecule has 4 nitrogen and oxygen atoms in total. The van der Waals surface area contributed by atoms with Crippen molar-refractivity contribution in [3.63, 3.8) is 0 Å². The van der Waals surface area contributed by atoms with Gasteiger partial charge in [0.25, 0.3) is 0 Å². The van der Waals surface area contributed by atoms with Gasteiger partial charge in [0, 0.05) is 23.7 Å². The van der Waals surface area contributed by atoms with E-state index >= 15 is 0 Å². The molecule has 1 N–H and O–H groups in total. The van der Waals surface area contributed by atoms with Crippen LogP contribution >= 0.6 is 35.6 Å². The minimum absolute atomic E-state index is 0. The molecule has 1 aromatic rings. The van der Waals surface area contributed by atoms with E-state index in [0.717, 1.165) is 25.8 Å². The molecule has 118 valence electrons. The van der Waals surface area contributed by atoms with Crippen LogP contribution in [0, 0.1) is 0 Å². The summed E-state index contributed by atoms with van der Waals surface area (Å²) in [6.07, 6.45) is 2.68. The highest BCUT2D eigenvalue weighted by Gasteiger charge is 2.43. The van der Waals surface area contributed by atoms with Crippen molar-refractivity contribution in [2.24, 2.45) is 0 Å². The normalized spacial score (nSPS) is 26.2. The van der Waals surface area contributed by atoms with Crippen LogP contribution in [0.3, 0.4) is 0 Å². The summed E-state index contributed by atoms with van der Waals surface area (Å²) in [7, 11) is -3.57. The van der Waals surface area contributed by atoms with Crippen LogP contribution in [0.15, 0.2) is 23.1 Å². The molecule has 0 aliphatic carbocycles. The topological polar surface area (TPSA) is 49.4 Å². The Morgan fingerprint density at radius 2 is 1.86 bits per heavy atom. The molecule has 2 unspecified atom stereocenters. The third-order valence-corrected chi connectivity index (χ3v) is 6.76. The molecule has 2 bridgehead atoms. The zero-order valence-electron chi connectivity index (χ0n) is 11.3. The first-order chi connectivity index (χ1) is 9.50. The standard InChI is InChI=1S/C13H16Cl2N2O2S.ClH/c14-9-1-4-13(12(15)7-9)20(18,19)17-10-2-3-11(17)8-16-6-5-10;/h1,4,7,10-11,16H,2-3,5-6,8H2;1H. The Kier molecular flexibility index (Phi) is 5.45. The van der Waals surface area contributed by atoms with E-state index in [1.54, 1.807) is 10.4 Å². The lowest BCUT2D eigenvalue weighted by Crippen LogP contribution is -2.42. The number of rotatable bonds is 2. The maximum Gasteiger partial charge on any atom is 0.245 e. The van der Waals surface area contributed by atoms with Crippen LogP contribution in [0.1, 0.15) is 19.3 Å². The molecule has 3 rings (SSSR count). The van der Waals surface area contributed by atoms with Crippen LogP contribution in [-0.4, -0.2) is 37.9 Å². The van der Waals surface area contributed by atoms with E-state index in [4.69, 9.17) is 23.2 Å². The lowest BCUT2D eigenvalue weighted by molar-refractivity contribution is 0.334. The fourth-order valence-corrected chi connectivity index (χ4v) is 5.78. The molecule has 2 aliphatic rings. The number of nitrogens with one attached hydrogen (secondary N) is 1. The van der Waals surface area contributed by atoms with Crippen molar-refractivity contribution in [1.29, 1.82) is 0 Å². The Balaban J connectivity index is 0.00000161. The van der Waals surface area contributed by atoms with Crippen LogP contribution < -0.4 is 5.32 Å². The molecule has 1 aromatic carbocycles. The van der Waals surface area contributed by atoms with Crippen LogP contribution in [0.25, 0.3) is 0 Å². The summed E-state index contributed by atoms with van der Waals surface area (Å²) in [6, 6.07) is 4.65. The SMILES string of the molecule is Cl.O=S(=O)(c1ccc(Cl)cc1Cl)N1C2CCNCC1CC2. The molecule has 2 saturated heterocycles. The van der Waals surface area contributed by atoms with Crippen molar-refractivity contribution < 1.29 is 8.42 Å². The third-order valence-electron chi connectivity index (χ3n) is 4.04. The van der Waals surface area contributed by atoms with Crippen LogP contribution in [-0.2, 0) is 10.0 Å². The summed E-state index contributed by atoms with van der Waals surface area (Å²) in [4.78, 5) is 0.155. The van der Waals surface area contributed by atoms with Gasteiger partial charge in [0.15, 0.2) is 0 Å². The highest BCUT2D eigenvalue weighted by atomic mass is 35.5. The summed E-state index contributed by atoms with van der Waals surface area (Å²) >= 11 is 11.9. The number of halogens is 3. The van der Waals surface area contributed by atoms with E-state index in [9.17, 15) is 8.42 Å². The summed E-state index contributed by atoms with van der Waals surface area (Å²) in [5.41, 5.74) is 0.